The van der Waals surface area contributed by atoms with Crippen LogP contribution in [-0.4, -0.2) is 42.6 Å². The van der Waals surface area contributed by atoms with Gasteiger partial charge in [-0.1, -0.05) is 32.0 Å². The van der Waals surface area contributed by atoms with E-state index in [4.69, 9.17) is 15.2 Å². The Bertz CT molecular complexity index is 2160. The molecule has 3 aromatic rings. The van der Waals surface area contributed by atoms with Gasteiger partial charge in [0.05, 0.1) is 16.9 Å². The molecule has 1 atom stereocenters. The van der Waals surface area contributed by atoms with Crippen molar-refractivity contribution in [3.8, 4) is 11.5 Å². The summed E-state index contributed by atoms with van der Waals surface area (Å²) < 4.78 is 13.0. The van der Waals surface area contributed by atoms with Crippen LogP contribution in [0.3, 0.4) is 0 Å². The van der Waals surface area contributed by atoms with Crippen molar-refractivity contribution in [2.24, 2.45) is 11.1 Å². The highest BCUT2D eigenvalue weighted by Crippen LogP contribution is 2.58. The lowest BCUT2D eigenvalue weighted by atomic mass is 9.71. The zero-order chi connectivity index (χ0) is 37.3. The second-order valence-electron chi connectivity index (χ2n) is 14.2. The van der Waals surface area contributed by atoms with Crippen molar-refractivity contribution in [3.05, 3.63) is 104 Å². The molecule has 0 radical (unpaired) electrons. The molecule has 2 aliphatic heterocycles. The summed E-state index contributed by atoms with van der Waals surface area (Å²) in [6, 6.07) is 13.9. The van der Waals surface area contributed by atoms with Crippen molar-refractivity contribution in [1.29, 1.82) is 0 Å². The maximum atomic E-state index is 14.2. The van der Waals surface area contributed by atoms with Crippen molar-refractivity contribution in [1.82, 2.24) is 0 Å². The fourth-order valence-corrected chi connectivity index (χ4v) is 7.93. The number of ether oxygens (including phenoxy) is 2. The van der Waals surface area contributed by atoms with Gasteiger partial charge in [-0.25, -0.2) is 9.59 Å². The molecular formula is C41H43N3O7. The molecular weight excluding hydrogens is 646 g/mol. The van der Waals surface area contributed by atoms with Crippen LogP contribution in [0.5, 0.6) is 11.5 Å². The first-order valence-corrected chi connectivity index (χ1v) is 17.2. The number of hydrogen-bond acceptors (Lipinski definition) is 7. The highest BCUT2D eigenvalue weighted by atomic mass is 16.6. The lowest BCUT2D eigenvalue weighted by Crippen LogP contribution is -2.38. The monoisotopic (exact) mass is 689 g/mol. The van der Waals surface area contributed by atoms with Gasteiger partial charge in [-0.05, 0) is 77.8 Å². The van der Waals surface area contributed by atoms with Crippen molar-refractivity contribution in [3.63, 3.8) is 0 Å². The Hall–Kier alpha value is -5.51. The minimum absolute atomic E-state index is 0.0311. The van der Waals surface area contributed by atoms with Crippen LogP contribution in [0.1, 0.15) is 93.1 Å². The first-order valence-electron chi connectivity index (χ1n) is 17.2. The molecule has 10 nitrogen and oxygen atoms in total. The molecule has 2 heterocycles. The lowest BCUT2D eigenvalue weighted by molar-refractivity contribution is -0.121. The number of rotatable bonds is 7. The molecule has 1 unspecified atom stereocenters. The number of aryl methyl sites for hydroxylation is 2. The minimum atomic E-state index is -1.36. The summed E-state index contributed by atoms with van der Waals surface area (Å²) in [5.74, 6) is -0.369. The number of urea groups is 1. The molecule has 10 heteroatoms. The number of nitrogens with zero attached hydrogens (tertiary/aromatic N) is 2. The molecule has 0 saturated carbocycles. The van der Waals surface area contributed by atoms with E-state index in [2.05, 4.69) is 0 Å². The molecule has 1 aliphatic carbocycles. The average molecular weight is 690 g/mol. The number of Topliss-reactive ketones (excluding diaryl/α,β-unsaturated/α-hetero) is 2. The summed E-state index contributed by atoms with van der Waals surface area (Å²) in [4.78, 5) is 69.7. The summed E-state index contributed by atoms with van der Waals surface area (Å²) in [5, 5.41) is 0. The number of fused-ring (bicyclic) bond motifs is 6. The molecule has 0 bridgehead atoms. The number of esters is 1. The predicted molar refractivity (Wildman–Crippen MR) is 194 cm³/mol. The maximum Gasteiger partial charge on any atom is 0.340 e. The van der Waals surface area contributed by atoms with Crippen LogP contribution in [0.25, 0.3) is 0 Å². The van der Waals surface area contributed by atoms with Crippen LogP contribution in [-0.2, 0) is 24.7 Å². The number of anilines is 2. The van der Waals surface area contributed by atoms with Crippen LogP contribution in [0.2, 0.25) is 0 Å². The molecule has 6 rings (SSSR count). The smallest absolute Gasteiger partial charge is 0.340 e. The van der Waals surface area contributed by atoms with Crippen molar-refractivity contribution in [2.45, 2.75) is 74.3 Å². The van der Waals surface area contributed by atoms with Crippen LogP contribution < -0.4 is 20.3 Å². The summed E-state index contributed by atoms with van der Waals surface area (Å²) in [5.41, 5.74) is 9.88. The topological polar surface area (TPSA) is 136 Å². The van der Waals surface area contributed by atoms with E-state index in [0.717, 1.165) is 11.1 Å². The number of primary amides is 1. The normalized spacial score (nSPS) is 17.9. The summed E-state index contributed by atoms with van der Waals surface area (Å²) in [6.45, 7) is 16.7. The van der Waals surface area contributed by atoms with E-state index in [9.17, 15) is 24.0 Å². The number of carbonyl (C=O) groups excluding carboxylic acids is 5. The van der Waals surface area contributed by atoms with Gasteiger partial charge in [-0.2, -0.15) is 0 Å². The SMILES string of the molecule is CCN(C(N)=O)c1cc2c(cc1C)C1(OC(=O)c3ccccc31)c1cc(C)c(N(CC)C(=O)CC(C)(C)C3=C(C)C(=O)C(C)=C(C)C3=O)cc1O2. The zero-order valence-corrected chi connectivity index (χ0v) is 30.6. The third kappa shape index (κ3) is 5.27. The van der Waals surface area contributed by atoms with Crippen molar-refractivity contribution >= 4 is 40.8 Å². The predicted octanol–water partition coefficient (Wildman–Crippen LogP) is 7.35. The van der Waals surface area contributed by atoms with E-state index in [1.54, 1.807) is 49.9 Å². The van der Waals surface area contributed by atoms with Gasteiger partial charge in [0.25, 0.3) is 0 Å². The third-order valence-electron chi connectivity index (χ3n) is 10.6. The lowest BCUT2D eigenvalue weighted by Gasteiger charge is -2.39. The van der Waals surface area contributed by atoms with Gasteiger partial charge in [0.2, 0.25) is 5.91 Å². The van der Waals surface area contributed by atoms with Gasteiger partial charge in [-0.15, -0.1) is 0 Å². The fraction of sp³-hybridized carbons (Fsp3) is 0.341. The van der Waals surface area contributed by atoms with Crippen molar-refractivity contribution < 1.29 is 33.4 Å². The molecule has 3 amide bonds. The molecule has 0 saturated heterocycles. The third-order valence-corrected chi connectivity index (χ3v) is 10.6. The van der Waals surface area contributed by atoms with Crippen LogP contribution in [0, 0.1) is 19.3 Å². The second-order valence-corrected chi connectivity index (χ2v) is 14.2. The molecule has 0 aromatic heterocycles. The number of ketones is 2. The number of amides is 3. The largest absolute Gasteiger partial charge is 0.456 e. The van der Waals surface area contributed by atoms with Gasteiger partial charge in [-0.3, -0.25) is 19.3 Å². The Morgan fingerprint density at radius 2 is 1.27 bits per heavy atom. The van der Waals surface area contributed by atoms with Gasteiger partial charge in [0.15, 0.2) is 17.2 Å². The van der Waals surface area contributed by atoms with E-state index in [1.165, 1.54) is 4.90 Å². The van der Waals surface area contributed by atoms with Gasteiger partial charge in [0, 0.05) is 76.0 Å². The maximum absolute atomic E-state index is 14.2. The zero-order valence-electron chi connectivity index (χ0n) is 30.6. The molecule has 51 heavy (non-hydrogen) atoms. The Kier molecular flexibility index (Phi) is 8.56. The van der Waals surface area contributed by atoms with E-state index in [0.29, 0.717) is 80.5 Å². The molecule has 2 N–H and O–H groups in total. The summed E-state index contributed by atoms with van der Waals surface area (Å²) in [7, 11) is 0. The molecule has 3 aromatic carbocycles. The molecule has 264 valence electrons. The number of nitrogens with two attached hydrogens (primary N) is 1. The second kappa shape index (κ2) is 12.4. The average Bonchev–Trinajstić information content (AvgIpc) is 3.37. The highest BCUT2D eigenvalue weighted by Gasteiger charge is 2.54. The van der Waals surface area contributed by atoms with Crippen molar-refractivity contribution in [2.75, 3.05) is 22.9 Å². The summed E-state index contributed by atoms with van der Waals surface area (Å²) in [6.07, 6.45) is -0.0311. The number of hydrogen-bond donors (Lipinski definition) is 1. The number of carbonyl (C=O) groups is 5. The number of allylic oxidation sites excluding steroid dienone is 4. The fourth-order valence-electron chi connectivity index (χ4n) is 7.93. The van der Waals surface area contributed by atoms with E-state index < -0.39 is 23.0 Å². The molecule has 0 fully saturated rings. The summed E-state index contributed by atoms with van der Waals surface area (Å²) >= 11 is 0. The Labute approximate surface area is 297 Å². The first-order chi connectivity index (χ1) is 24.0. The number of benzene rings is 3. The van der Waals surface area contributed by atoms with Crippen LogP contribution in [0.4, 0.5) is 16.2 Å². The Morgan fingerprint density at radius 1 is 0.745 bits per heavy atom. The van der Waals surface area contributed by atoms with E-state index >= 15 is 0 Å². The Morgan fingerprint density at radius 3 is 1.82 bits per heavy atom. The quantitative estimate of drug-likeness (QED) is 0.202. The van der Waals surface area contributed by atoms with Gasteiger partial charge in [0.1, 0.15) is 11.5 Å². The van der Waals surface area contributed by atoms with Crippen LogP contribution in [0.15, 0.2) is 70.8 Å². The van der Waals surface area contributed by atoms with Gasteiger partial charge >= 0.3 is 12.0 Å². The molecule has 1 spiro atoms. The highest BCUT2D eigenvalue weighted by molar-refractivity contribution is 6.25. The van der Waals surface area contributed by atoms with Gasteiger partial charge < -0.3 is 20.1 Å². The van der Waals surface area contributed by atoms with E-state index in [-0.39, 0.29) is 23.9 Å². The van der Waals surface area contributed by atoms with E-state index in [1.807, 2.05) is 65.8 Å². The molecule has 3 aliphatic rings. The first kappa shape index (κ1) is 35.3. The minimum Gasteiger partial charge on any atom is -0.456 e. The standard InChI is InChI=1S/C41H43N3O7/c1-10-43(34(45)20-40(8,9)35-25(7)36(46)23(5)24(6)37(35)47)30-18-32-28(16-21(30)3)41(27-15-13-12-14-26(27)38(48)51-41)29-17-22(4)31(19-33(29)50-32)44(11-2)39(42)49/h12-19H,10-11,20H2,1-9H3,(H2,42,49). The Balaban J connectivity index is 1.48. The van der Waals surface area contributed by atoms with Crippen LogP contribution >= 0.6 is 0 Å².